The van der Waals surface area contributed by atoms with Gasteiger partial charge in [-0.15, -0.1) is 0 Å². The second-order valence-electron chi connectivity index (χ2n) is 4.25. The van der Waals surface area contributed by atoms with E-state index in [1.165, 1.54) is 12.3 Å². The molecule has 1 unspecified atom stereocenters. The van der Waals surface area contributed by atoms with Crippen molar-refractivity contribution in [2.45, 2.75) is 19.9 Å². The van der Waals surface area contributed by atoms with Crippen molar-refractivity contribution in [3.05, 3.63) is 27.9 Å². The lowest BCUT2D eigenvalue weighted by Crippen LogP contribution is -2.34. The first-order valence-corrected chi connectivity index (χ1v) is 5.49. The van der Waals surface area contributed by atoms with Gasteiger partial charge in [0.05, 0.1) is 10.5 Å². The molecule has 0 aliphatic heterocycles. The van der Waals surface area contributed by atoms with E-state index in [-0.39, 0.29) is 29.0 Å². The molecule has 0 aliphatic rings. The molecule has 1 aromatic heterocycles. The van der Waals surface area contributed by atoms with Gasteiger partial charge < -0.3 is 11.1 Å². The lowest BCUT2D eigenvalue weighted by molar-refractivity contribution is -0.384. The fourth-order valence-electron chi connectivity index (χ4n) is 1.24. The first-order valence-electron chi connectivity index (χ1n) is 5.49. The summed E-state index contributed by atoms with van der Waals surface area (Å²) in [6.45, 7) is 4.32. The average Bonchev–Trinajstić information content (AvgIpc) is 2.35. The van der Waals surface area contributed by atoms with Crippen LogP contribution in [-0.4, -0.2) is 22.5 Å². The molecule has 96 valence electrons. The number of nitro groups is 1. The van der Waals surface area contributed by atoms with Crippen LogP contribution < -0.4 is 11.1 Å². The van der Waals surface area contributed by atoms with Crippen LogP contribution in [-0.2, 0) is 0 Å². The molecule has 0 bridgehead atoms. The number of aromatic nitrogens is 1. The minimum atomic E-state index is -0.572. The molecule has 1 rings (SSSR count). The van der Waals surface area contributed by atoms with Crippen LogP contribution in [0.3, 0.4) is 0 Å². The molecule has 0 radical (unpaired) electrons. The summed E-state index contributed by atoms with van der Waals surface area (Å²) in [5.41, 5.74) is 5.77. The molecule has 7 heteroatoms. The Bertz CT molecular complexity index is 481. The second kappa shape index (κ2) is 5.93. The number of pyridine rings is 1. The van der Waals surface area contributed by atoms with E-state index in [0.29, 0.717) is 6.54 Å². The number of hydrogen-bond donors (Lipinski definition) is 2. The third kappa shape index (κ3) is 3.40. The summed E-state index contributed by atoms with van der Waals surface area (Å²) in [6, 6.07) is 2.88. The van der Waals surface area contributed by atoms with Gasteiger partial charge in [-0.25, -0.2) is 4.98 Å². The van der Waals surface area contributed by atoms with Gasteiger partial charge in [-0.1, -0.05) is 13.8 Å². The first kappa shape index (κ1) is 13.9. The minimum Gasteiger partial charge on any atom is -0.363 e. The van der Waals surface area contributed by atoms with Crippen molar-refractivity contribution in [2.75, 3.05) is 11.9 Å². The summed E-state index contributed by atoms with van der Waals surface area (Å²) >= 11 is 0. The minimum absolute atomic E-state index is 0.123. The van der Waals surface area contributed by atoms with Gasteiger partial charge in [-0.2, -0.15) is 5.26 Å². The molecule has 0 fully saturated rings. The second-order valence-corrected chi connectivity index (χ2v) is 4.25. The van der Waals surface area contributed by atoms with E-state index in [9.17, 15) is 10.1 Å². The number of nitriles is 1. The van der Waals surface area contributed by atoms with Gasteiger partial charge >= 0.3 is 5.69 Å². The molecule has 0 aromatic carbocycles. The molecule has 1 aromatic rings. The van der Waals surface area contributed by atoms with Crippen LogP contribution in [0.5, 0.6) is 0 Å². The highest BCUT2D eigenvalue weighted by Crippen LogP contribution is 2.22. The lowest BCUT2D eigenvalue weighted by atomic mass is 10.1. The van der Waals surface area contributed by atoms with Crippen molar-refractivity contribution in [1.82, 2.24) is 4.98 Å². The largest absolute Gasteiger partial charge is 0.363 e. The molecule has 0 amide bonds. The van der Waals surface area contributed by atoms with E-state index in [4.69, 9.17) is 11.0 Å². The van der Waals surface area contributed by atoms with Crippen LogP contribution in [0.2, 0.25) is 0 Å². The topological polar surface area (TPSA) is 118 Å². The maximum atomic E-state index is 10.9. The Labute approximate surface area is 105 Å². The summed E-state index contributed by atoms with van der Waals surface area (Å²) < 4.78 is 0. The van der Waals surface area contributed by atoms with E-state index in [2.05, 4.69) is 10.3 Å². The van der Waals surface area contributed by atoms with Gasteiger partial charge in [0.1, 0.15) is 6.07 Å². The zero-order valence-electron chi connectivity index (χ0n) is 10.3. The highest BCUT2D eigenvalue weighted by molar-refractivity contribution is 5.58. The quantitative estimate of drug-likeness (QED) is 0.599. The summed E-state index contributed by atoms with van der Waals surface area (Å²) in [6.07, 6.45) is 1.29. The SMILES string of the molecule is CC(C)C(N)CNc1ncc(C#N)cc1[N+](=O)[O-]. The predicted octanol–water partition coefficient (Wildman–Crippen LogP) is 1.26. The number of rotatable bonds is 5. The molecule has 0 saturated carbocycles. The van der Waals surface area contributed by atoms with Crippen LogP contribution in [0.25, 0.3) is 0 Å². The maximum absolute atomic E-state index is 10.9. The average molecular weight is 249 g/mol. The number of nitrogens with two attached hydrogens (primary N) is 1. The van der Waals surface area contributed by atoms with Crippen molar-refractivity contribution in [3.8, 4) is 6.07 Å². The van der Waals surface area contributed by atoms with Crippen molar-refractivity contribution in [1.29, 1.82) is 5.26 Å². The Balaban J connectivity index is 2.89. The summed E-state index contributed by atoms with van der Waals surface area (Å²) in [5, 5.41) is 22.4. The molecule has 0 saturated heterocycles. The molecular formula is C11H15N5O2. The van der Waals surface area contributed by atoms with Gasteiger partial charge in [-0.05, 0) is 5.92 Å². The molecule has 0 spiro atoms. The maximum Gasteiger partial charge on any atom is 0.312 e. The third-order valence-electron chi connectivity index (χ3n) is 2.55. The summed E-state index contributed by atoms with van der Waals surface area (Å²) in [7, 11) is 0. The first-order chi connectivity index (χ1) is 8.45. The fourth-order valence-corrected chi connectivity index (χ4v) is 1.24. The highest BCUT2D eigenvalue weighted by Gasteiger charge is 2.17. The molecule has 0 aliphatic carbocycles. The number of hydrogen-bond acceptors (Lipinski definition) is 6. The molecule has 3 N–H and O–H groups in total. The number of nitrogens with zero attached hydrogens (tertiary/aromatic N) is 3. The van der Waals surface area contributed by atoms with Crippen LogP contribution in [0.4, 0.5) is 11.5 Å². The van der Waals surface area contributed by atoms with Crippen LogP contribution in [0.15, 0.2) is 12.3 Å². The molecule has 1 heterocycles. The van der Waals surface area contributed by atoms with Crippen molar-refractivity contribution < 1.29 is 4.92 Å². The van der Waals surface area contributed by atoms with Gasteiger partial charge in [0.2, 0.25) is 5.82 Å². The van der Waals surface area contributed by atoms with Gasteiger partial charge in [0, 0.05) is 24.8 Å². The van der Waals surface area contributed by atoms with Gasteiger partial charge in [0.25, 0.3) is 0 Å². The predicted molar refractivity (Wildman–Crippen MR) is 66.9 cm³/mol. The van der Waals surface area contributed by atoms with Crippen molar-refractivity contribution in [3.63, 3.8) is 0 Å². The van der Waals surface area contributed by atoms with Crippen LogP contribution >= 0.6 is 0 Å². The van der Waals surface area contributed by atoms with E-state index in [0.717, 1.165) is 0 Å². The Morgan fingerprint density at radius 3 is 2.83 bits per heavy atom. The van der Waals surface area contributed by atoms with Crippen LogP contribution in [0, 0.1) is 27.4 Å². The summed E-state index contributed by atoms with van der Waals surface area (Å²) in [5.74, 6) is 0.394. The van der Waals surface area contributed by atoms with Gasteiger partial charge in [-0.3, -0.25) is 10.1 Å². The number of nitrogens with one attached hydrogen (secondary N) is 1. The molecule has 18 heavy (non-hydrogen) atoms. The normalized spacial score (nSPS) is 11.9. The highest BCUT2D eigenvalue weighted by atomic mass is 16.6. The smallest absolute Gasteiger partial charge is 0.312 e. The lowest BCUT2D eigenvalue weighted by Gasteiger charge is -2.16. The van der Waals surface area contributed by atoms with E-state index >= 15 is 0 Å². The third-order valence-corrected chi connectivity index (χ3v) is 2.55. The van der Waals surface area contributed by atoms with Crippen molar-refractivity contribution >= 4 is 11.5 Å². The molecule has 1 atom stereocenters. The monoisotopic (exact) mass is 249 g/mol. The Kier molecular flexibility index (Phi) is 4.57. The molecular weight excluding hydrogens is 234 g/mol. The Morgan fingerprint density at radius 2 is 2.33 bits per heavy atom. The zero-order chi connectivity index (χ0) is 13.7. The molecule has 7 nitrogen and oxygen atoms in total. The summed E-state index contributed by atoms with van der Waals surface area (Å²) in [4.78, 5) is 14.2. The van der Waals surface area contributed by atoms with E-state index < -0.39 is 4.92 Å². The zero-order valence-corrected chi connectivity index (χ0v) is 10.3. The van der Waals surface area contributed by atoms with Crippen LogP contribution in [0.1, 0.15) is 19.4 Å². The standard InChI is InChI=1S/C11H15N5O2/c1-7(2)9(13)6-15-11-10(16(17)18)3-8(4-12)5-14-11/h3,5,7,9H,6,13H2,1-2H3,(H,14,15). The Morgan fingerprint density at radius 1 is 1.67 bits per heavy atom. The van der Waals surface area contributed by atoms with Crippen molar-refractivity contribution in [2.24, 2.45) is 11.7 Å². The van der Waals surface area contributed by atoms with E-state index in [1.54, 1.807) is 0 Å². The number of anilines is 1. The van der Waals surface area contributed by atoms with E-state index in [1.807, 2.05) is 19.9 Å². The van der Waals surface area contributed by atoms with Gasteiger partial charge in [0.15, 0.2) is 0 Å². The fraction of sp³-hybridized carbons (Fsp3) is 0.455. The Hall–Kier alpha value is -2.20.